The van der Waals surface area contributed by atoms with E-state index < -0.39 is 22.8 Å². The van der Waals surface area contributed by atoms with Crippen molar-refractivity contribution in [3.05, 3.63) is 34.9 Å². The molecular weight excluding hydrogens is 252 g/mol. The van der Waals surface area contributed by atoms with Crippen molar-refractivity contribution < 1.29 is 18.3 Å². The number of carbonyl (C=O) groups is 1. The molecule has 0 spiro atoms. The van der Waals surface area contributed by atoms with E-state index in [1.54, 1.807) is 0 Å². The topological polar surface area (TPSA) is 52.3 Å². The Morgan fingerprint density at radius 3 is 2.53 bits per heavy atom. The summed E-state index contributed by atoms with van der Waals surface area (Å²) in [6, 6.07) is 2.75. The van der Waals surface area contributed by atoms with Gasteiger partial charge in [0.15, 0.2) is 17.4 Å². The maximum atomic E-state index is 13.9. The van der Waals surface area contributed by atoms with Crippen LogP contribution in [-0.4, -0.2) is 25.5 Å². The lowest BCUT2D eigenvalue weighted by molar-refractivity contribution is 0.0197. The van der Waals surface area contributed by atoms with E-state index in [1.807, 2.05) is 0 Å². The molecule has 2 N–H and O–H groups in total. The molecule has 0 saturated carbocycles. The quantitative estimate of drug-likeness (QED) is 0.856. The molecule has 1 saturated heterocycles. The van der Waals surface area contributed by atoms with Gasteiger partial charge in [-0.1, -0.05) is 6.07 Å². The molecule has 0 aliphatic carbocycles. The van der Waals surface area contributed by atoms with E-state index in [2.05, 4.69) is 0 Å². The maximum Gasteiger partial charge on any atom is 0.173 e. The summed E-state index contributed by atoms with van der Waals surface area (Å²) < 4.78 is 32.7. The van der Waals surface area contributed by atoms with Gasteiger partial charge in [-0.25, -0.2) is 8.78 Å². The number of ketones is 1. The molecule has 0 amide bonds. The lowest BCUT2D eigenvalue weighted by Gasteiger charge is -2.34. The van der Waals surface area contributed by atoms with Crippen molar-refractivity contribution in [2.24, 2.45) is 11.1 Å². The molecule has 1 heterocycles. The summed E-state index contributed by atoms with van der Waals surface area (Å²) >= 11 is 0. The second-order valence-electron chi connectivity index (χ2n) is 4.98. The predicted molar refractivity (Wildman–Crippen MR) is 67.0 cm³/mol. The van der Waals surface area contributed by atoms with Crippen LogP contribution in [0.25, 0.3) is 0 Å². The van der Waals surface area contributed by atoms with Crippen LogP contribution in [0.2, 0.25) is 0 Å². The first-order valence-corrected chi connectivity index (χ1v) is 6.29. The van der Waals surface area contributed by atoms with Gasteiger partial charge in [0.2, 0.25) is 0 Å². The highest BCUT2D eigenvalue weighted by atomic mass is 19.2. The van der Waals surface area contributed by atoms with Gasteiger partial charge in [0.05, 0.1) is 11.0 Å². The van der Waals surface area contributed by atoms with Gasteiger partial charge >= 0.3 is 0 Å². The molecule has 0 unspecified atom stereocenters. The number of Topliss-reactive ketones (excluding diaryl/α,β-unsaturated/α-hetero) is 1. The van der Waals surface area contributed by atoms with E-state index >= 15 is 0 Å². The third kappa shape index (κ3) is 2.40. The number of benzene rings is 1. The largest absolute Gasteiger partial charge is 0.381 e. The summed E-state index contributed by atoms with van der Waals surface area (Å²) in [4.78, 5) is 12.5. The molecule has 0 radical (unpaired) electrons. The zero-order valence-corrected chi connectivity index (χ0v) is 10.8. The third-order valence-electron chi connectivity index (χ3n) is 3.84. The number of ether oxygens (including phenoxy) is 1. The fourth-order valence-corrected chi connectivity index (χ4v) is 2.39. The molecular formula is C14H17F2NO2. The number of hydrogen-bond acceptors (Lipinski definition) is 3. The Balaban J connectivity index is 2.40. The lowest BCUT2D eigenvalue weighted by Crippen LogP contribution is -2.43. The Bertz CT molecular complexity index is 496. The van der Waals surface area contributed by atoms with Crippen LogP contribution < -0.4 is 5.73 Å². The Hall–Kier alpha value is -1.33. The van der Waals surface area contributed by atoms with Crippen molar-refractivity contribution in [2.75, 3.05) is 19.8 Å². The number of rotatable bonds is 3. The second kappa shape index (κ2) is 5.35. The van der Waals surface area contributed by atoms with Gasteiger partial charge in [-0.3, -0.25) is 4.79 Å². The van der Waals surface area contributed by atoms with Gasteiger partial charge in [-0.15, -0.1) is 0 Å². The molecule has 2 rings (SSSR count). The van der Waals surface area contributed by atoms with Gasteiger partial charge in [-0.05, 0) is 31.4 Å². The predicted octanol–water partition coefficient (Wildman–Crippen LogP) is 2.21. The van der Waals surface area contributed by atoms with Gasteiger partial charge in [0, 0.05) is 19.8 Å². The van der Waals surface area contributed by atoms with Crippen LogP contribution >= 0.6 is 0 Å². The van der Waals surface area contributed by atoms with E-state index in [-0.39, 0.29) is 17.7 Å². The molecule has 1 fully saturated rings. The molecule has 1 aromatic rings. The smallest absolute Gasteiger partial charge is 0.173 e. The number of hydrogen-bond donors (Lipinski definition) is 1. The Morgan fingerprint density at radius 2 is 1.95 bits per heavy atom. The van der Waals surface area contributed by atoms with Crippen LogP contribution in [0.5, 0.6) is 0 Å². The highest BCUT2D eigenvalue weighted by Gasteiger charge is 2.40. The van der Waals surface area contributed by atoms with Crippen molar-refractivity contribution in [1.29, 1.82) is 0 Å². The van der Waals surface area contributed by atoms with Crippen LogP contribution in [0.4, 0.5) is 8.78 Å². The first kappa shape index (κ1) is 14.1. The van der Waals surface area contributed by atoms with Gasteiger partial charge in [0.1, 0.15) is 0 Å². The Morgan fingerprint density at radius 1 is 1.32 bits per heavy atom. The SMILES string of the molecule is Cc1ccc(C(=O)C2(CN)CCOCC2)c(F)c1F. The van der Waals surface area contributed by atoms with E-state index in [4.69, 9.17) is 10.5 Å². The molecule has 3 nitrogen and oxygen atoms in total. The van der Waals surface area contributed by atoms with Crippen molar-refractivity contribution >= 4 is 5.78 Å². The van der Waals surface area contributed by atoms with Crippen LogP contribution in [0, 0.1) is 24.0 Å². The van der Waals surface area contributed by atoms with Crippen LogP contribution in [0.3, 0.4) is 0 Å². The summed E-state index contributed by atoms with van der Waals surface area (Å²) in [5.74, 6) is -2.47. The van der Waals surface area contributed by atoms with Gasteiger partial charge in [-0.2, -0.15) is 0 Å². The number of halogens is 2. The average molecular weight is 269 g/mol. The normalized spacial score (nSPS) is 18.3. The fourth-order valence-electron chi connectivity index (χ4n) is 2.39. The molecule has 19 heavy (non-hydrogen) atoms. The molecule has 5 heteroatoms. The summed E-state index contributed by atoms with van der Waals surface area (Å²) in [5, 5.41) is 0. The highest BCUT2D eigenvalue weighted by molar-refractivity contribution is 6.01. The fraction of sp³-hybridized carbons (Fsp3) is 0.500. The summed E-state index contributed by atoms with van der Waals surface area (Å²) in [7, 11) is 0. The molecule has 0 bridgehead atoms. The average Bonchev–Trinajstić information content (AvgIpc) is 2.45. The second-order valence-corrected chi connectivity index (χ2v) is 4.98. The molecule has 0 aromatic heterocycles. The van der Waals surface area contributed by atoms with Gasteiger partial charge in [0.25, 0.3) is 0 Å². The molecule has 1 aliphatic heterocycles. The van der Waals surface area contributed by atoms with E-state index in [1.165, 1.54) is 19.1 Å². The van der Waals surface area contributed by atoms with Crippen LogP contribution in [0.15, 0.2) is 12.1 Å². The first-order valence-electron chi connectivity index (χ1n) is 6.29. The zero-order chi connectivity index (χ0) is 14.0. The van der Waals surface area contributed by atoms with Crippen molar-refractivity contribution in [2.45, 2.75) is 19.8 Å². The van der Waals surface area contributed by atoms with Crippen molar-refractivity contribution in [1.82, 2.24) is 0 Å². The highest BCUT2D eigenvalue weighted by Crippen LogP contribution is 2.34. The molecule has 104 valence electrons. The first-order chi connectivity index (χ1) is 9.02. The standard InChI is InChI=1S/C14H17F2NO2/c1-9-2-3-10(12(16)11(9)15)13(18)14(8-17)4-6-19-7-5-14/h2-3H,4-8,17H2,1H3. The minimum Gasteiger partial charge on any atom is -0.381 e. The lowest BCUT2D eigenvalue weighted by atomic mass is 9.74. The molecule has 1 aliphatic rings. The minimum atomic E-state index is -1.08. The van der Waals surface area contributed by atoms with Gasteiger partial charge < -0.3 is 10.5 Å². The Kier molecular flexibility index (Phi) is 3.96. The van der Waals surface area contributed by atoms with E-state index in [0.717, 1.165) is 0 Å². The zero-order valence-electron chi connectivity index (χ0n) is 10.8. The third-order valence-corrected chi connectivity index (χ3v) is 3.84. The minimum absolute atomic E-state index is 0.115. The molecule has 1 aromatic carbocycles. The molecule has 0 atom stereocenters. The van der Waals surface area contributed by atoms with E-state index in [0.29, 0.717) is 26.1 Å². The monoisotopic (exact) mass is 269 g/mol. The number of nitrogens with two attached hydrogens (primary N) is 1. The number of carbonyl (C=O) groups excluding carboxylic acids is 1. The summed E-state index contributed by atoms with van der Waals surface area (Å²) in [5.41, 5.74) is 4.84. The van der Waals surface area contributed by atoms with Crippen LogP contribution in [0.1, 0.15) is 28.8 Å². The summed E-state index contributed by atoms with van der Waals surface area (Å²) in [6.45, 7) is 2.40. The van der Waals surface area contributed by atoms with Crippen molar-refractivity contribution in [3.63, 3.8) is 0 Å². The van der Waals surface area contributed by atoms with Crippen LogP contribution in [-0.2, 0) is 4.74 Å². The van der Waals surface area contributed by atoms with Crippen molar-refractivity contribution in [3.8, 4) is 0 Å². The number of aryl methyl sites for hydroxylation is 1. The maximum absolute atomic E-state index is 13.9. The Labute approximate surface area is 110 Å². The van der Waals surface area contributed by atoms with E-state index in [9.17, 15) is 13.6 Å². The summed E-state index contributed by atoms with van der Waals surface area (Å²) in [6.07, 6.45) is 0.883.